The molecule has 0 aliphatic carbocycles. The van der Waals surface area contributed by atoms with Gasteiger partial charge in [0, 0.05) is 30.4 Å². The minimum Gasteiger partial charge on any atom is -0.497 e. The van der Waals surface area contributed by atoms with E-state index in [2.05, 4.69) is 27.8 Å². The minimum atomic E-state index is 0.0304. The van der Waals surface area contributed by atoms with Crippen LogP contribution in [0.15, 0.2) is 36.4 Å². The fourth-order valence-corrected chi connectivity index (χ4v) is 4.47. The molecule has 1 aliphatic rings. The zero-order chi connectivity index (χ0) is 20.4. The number of carbonyl (C=O) groups is 1. The van der Waals surface area contributed by atoms with Crippen LogP contribution in [0.3, 0.4) is 0 Å². The quantitative estimate of drug-likeness (QED) is 0.646. The van der Waals surface area contributed by atoms with Gasteiger partial charge in [-0.3, -0.25) is 9.78 Å². The summed E-state index contributed by atoms with van der Waals surface area (Å²) in [6.07, 6.45) is 1.99. The summed E-state index contributed by atoms with van der Waals surface area (Å²) in [4.78, 5) is 20.3. The van der Waals surface area contributed by atoms with E-state index in [0.717, 1.165) is 47.7 Å². The minimum absolute atomic E-state index is 0.0304. The van der Waals surface area contributed by atoms with Gasteiger partial charge in [0.25, 0.3) is 5.91 Å². The molecular formula is C22H24N4O2S. The summed E-state index contributed by atoms with van der Waals surface area (Å²) >= 11 is 1.17. The van der Waals surface area contributed by atoms with Crippen LogP contribution in [0.1, 0.15) is 45.5 Å². The summed E-state index contributed by atoms with van der Waals surface area (Å²) in [6.45, 7) is 5.29. The number of ether oxygens (including phenoxy) is 1. The van der Waals surface area contributed by atoms with E-state index >= 15 is 0 Å². The average molecular weight is 409 g/mol. The number of likely N-dealkylation sites (tertiary alicyclic amines) is 1. The Balaban J connectivity index is 1.60. The van der Waals surface area contributed by atoms with Crippen molar-refractivity contribution in [3.63, 3.8) is 0 Å². The second-order valence-electron chi connectivity index (χ2n) is 7.43. The SMILES string of the molecule is COc1cccc(-c2cc(C)nc([C@@H]3CCCN(C(=O)c4snnc4C)C3)c2)c1. The number of aryl methyl sites for hydroxylation is 2. The molecule has 3 heterocycles. The molecule has 1 aromatic carbocycles. The van der Waals surface area contributed by atoms with E-state index < -0.39 is 0 Å². The predicted octanol–water partition coefficient (Wildman–Crippen LogP) is 4.25. The lowest BCUT2D eigenvalue weighted by atomic mass is 9.92. The topological polar surface area (TPSA) is 68.2 Å². The second-order valence-corrected chi connectivity index (χ2v) is 8.19. The Morgan fingerprint density at radius 3 is 2.83 bits per heavy atom. The third kappa shape index (κ3) is 4.15. The van der Waals surface area contributed by atoms with Crippen molar-refractivity contribution in [1.82, 2.24) is 19.5 Å². The molecule has 2 aromatic heterocycles. The second kappa shape index (κ2) is 8.29. The molecule has 6 nitrogen and oxygen atoms in total. The van der Waals surface area contributed by atoms with Crippen molar-refractivity contribution in [3.05, 3.63) is 58.4 Å². The van der Waals surface area contributed by atoms with Crippen LogP contribution in [0, 0.1) is 13.8 Å². The lowest BCUT2D eigenvalue weighted by molar-refractivity contribution is 0.0710. The Bertz CT molecular complexity index is 1030. The molecule has 150 valence electrons. The first-order valence-electron chi connectivity index (χ1n) is 9.76. The van der Waals surface area contributed by atoms with Crippen LogP contribution in [-0.4, -0.2) is 45.6 Å². The molecule has 0 spiro atoms. The standard InChI is InChI=1S/C22H24N4O2S/c1-14-10-18(16-6-4-8-19(11-16)28-3)12-20(23-14)17-7-5-9-26(13-17)22(27)21-15(2)24-25-29-21/h4,6,8,10-12,17H,5,7,9,13H2,1-3H3/t17-/m1/s1. The molecule has 3 aromatic rings. The van der Waals surface area contributed by atoms with Gasteiger partial charge in [0.15, 0.2) is 0 Å². The highest BCUT2D eigenvalue weighted by Gasteiger charge is 2.28. The number of rotatable bonds is 4. The lowest BCUT2D eigenvalue weighted by Gasteiger charge is -2.32. The van der Waals surface area contributed by atoms with Crippen molar-refractivity contribution in [2.24, 2.45) is 0 Å². The zero-order valence-electron chi connectivity index (χ0n) is 16.9. The number of hydrogen-bond acceptors (Lipinski definition) is 6. The zero-order valence-corrected chi connectivity index (χ0v) is 17.7. The Morgan fingerprint density at radius 1 is 1.21 bits per heavy atom. The van der Waals surface area contributed by atoms with Crippen LogP contribution < -0.4 is 4.74 Å². The first-order chi connectivity index (χ1) is 14.0. The Hall–Kier alpha value is -2.80. The normalized spacial score (nSPS) is 16.7. The molecule has 0 bridgehead atoms. The Kier molecular flexibility index (Phi) is 5.58. The van der Waals surface area contributed by atoms with E-state index in [-0.39, 0.29) is 11.8 Å². The van der Waals surface area contributed by atoms with Crippen molar-refractivity contribution in [1.29, 1.82) is 0 Å². The van der Waals surface area contributed by atoms with Crippen molar-refractivity contribution in [2.45, 2.75) is 32.6 Å². The van der Waals surface area contributed by atoms with Gasteiger partial charge in [-0.15, -0.1) is 5.10 Å². The third-order valence-electron chi connectivity index (χ3n) is 5.35. The van der Waals surface area contributed by atoms with Gasteiger partial charge in [0.2, 0.25) is 0 Å². The van der Waals surface area contributed by atoms with E-state index in [1.54, 1.807) is 7.11 Å². The maximum absolute atomic E-state index is 12.9. The van der Waals surface area contributed by atoms with Crippen LogP contribution in [0.4, 0.5) is 0 Å². The fraction of sp³-hybridized carbons (Fsp3) is 0.364. The number of benzene rings is 1. The fourth-order valence-electron chi connectivity index (χ4n) is 3.85. The highest BCUT2D eigenvalue weighted by Crippen LogP contribution is 2.31. The van der Waals surface area contributed by atoms with E-state index in [1.807, 2.05) is 36.9 Å². The van der Waals surface area contributed by atoms with E-state index in [4.69, 9.17) is 9.72 Å². The Labute approximate surface area is 174 Å². The molecule has 0 unspecified atom stereocenters. The number of methoxy groups -OCH3 is 1. The smallest absolute Gasteiger partial charge is 0.267 e. The van der Waals surface area contributed by atoms with Crippen molar-refractivity contribution in [3.8, 4) is 16.9 Å². The maximum Gasteiger partial charge on any atom is 0.267 e. The van der Waals surface area contributed by atoms with Gasteiger partial charge in [-0.25, -0.2) is 0 Å². The first kappa shape index (κ1) is 19.5. The van der Waals surface area contributed by atoms with Crippen LogP contribution in [-0.2, 0) is 0 Å². The number of piperidine rings is 1. The molecule has 7 heteroatoms. The summed E-state index contributed by atoms with van der Waals surface area (Å²) in [5.41, 5.74) is 4.95. The highest BCUT2D eigenvalue weighted by atomic mass is 32.1. The van der Waals surface area contributed by atoms with Crippen LogP contribution in [0.25, 0.3) is 11.1 Å². The third-order valence-corrected chi connectivity index (χ3v) is 6.16. The van der Waals surface area contributed by atoms with Gasteiger partial charge in [-0.2, -0.15) is 0 Å². The molecule has 0 radical (unpaired) electrons. The van der Waals surface area contributed by atoms with Crippen LogP contribution in [0.2, 0.25) is 0 Å². The van der Waals surface area contributed by atoms with E-state index in [0.29, 0.717) is 17.1 Å². The van der Waals surface area contributed by atoms with E-state index in [1.165, 1.54) is 11.5 Å². The summed E-state index contributed by atoms with van der Waals surface area (Å²) in [7, 11) is 1.68. The molecule has 1 saturated heterocycles. The molecule has 0 N–H and O–H groups in total. The van der Waals surface area contributed by atoms with Gasteiger partial charge < -0.3 is 9.64 Å². The molecule has 0 saturated carbocycles. The molecular weight excluding hydrogens is 384 g/mol. The van der Waals surface area contributed by atoms with Gasteiger partial charge in [-0.1, -0.05) is 16.6 Å². The summed E-state index contributed by atoms with van der Waals surface area (Å²) in [5.74, 6) is 1.09. The van der Waals surface area contributed by atoms with Crippen molar-refractivity contribution >= 4 is 17.4 Å². The van der Waals surface area contributed by atoms with Crippen molar-refractivity contribution < 1.29 is 9.53 Å². The van der Waals surface area contributed by atoms with Crippen molar-refractivity contribution in [2.75, 3.05) is 20.2 Å². The summed E-state index contributed by atoms with van der Waals surface area (Å²) in [6, 6.07) is 12.3. The highest BCUT2D eigenvalue weighted by molar-refractivity contribution is 7.07. The van der Waals surface area contributed by atoms with Gasteiger partial charge >= 0.3 is 0 Å². The lowest BCUT2D eigenvalue weighted by Crippen LogP contribution is -2.39. The summed E-state index contributed by atoms with van der Waals surface area (Å²) < 4.78 is 9.28. The van der Waals surface area contributed by atoms with Gasteiger partial charge in [0.1, 0.15) is 10.6 Å². The number of nitrogens with zero attached hydrogens (tertiary/aromatic N) is 4. The molecule has 1 atom stereocenters. The molecule has 29 heavy (non-hydrogen) atoms. The van der Waals surface area contributed by atoms with Crippen LogP contribution in [0.5, 0.6) is 5.75 Å². The van der Waals surface area contributed by atoms with Gasteiger partial charge in [0.05, 0.1) is 12.8 Å². The number of amides is 1. The molecule has 1 fully saturated rings. The van der Waals surface area contributed by atoms with Crippen LogP contribution >= 0.6 is 11.5 Å². The number of carbonyl (C=O) groups excluding carboxylic acids is 1. The largest absolute Gasteiger partial charge is 0.497 e. The first-order valence-corrected chi connectivity index (χ1v) is 10.5. The molecule has 1 amide bonds. The average Bonchev–Trinajstić information content (AvgIpc) is 3.18. The number of pyridine rings is 1. The molecule has 1 aliphatic heterocycles. The monoisotopic (exact) mass is 408 g/mol. The maximum atomic E-state index is 12.9. The Morgan fingerprint density at radius 2 is 2.07 bits per heavy atom. The predicted molar refractivity (Wildman–Crippen MR) is 113 cm³/mol. The van der Waals surface area contributed by atoms with E-state index in [9.17, 15) is 4.79 Å². The number of hydrogen-bond donors (Lipinski definition) is 0. The summed E-state index contributed by atoms with van der Waals surface area (Å²) in [5, 5.41) is 3.98. The molecule has 4 rings (SSSR count). The number of aromatic nitrogens is 3. The van der Waals surface area contributed by atoms with Gasteiger partial charge in [-0.05, 0) is 73.6 Å².